The van der Waals surface area contributed by atoms with E-state index in [1.165, 1.54) is 6.07 Å². The number of thiophene rings is 1. The summed E-state index contributed by atoms with van der Waals surface area (Å²) in [5, 5.41) is 11.0. The number of benzene rings is 1. The van der Waals surface area contributed by atoms with Gasteiger partial charge in [0, 0.05) is 4.88 Å². The lowest BCUT2D eigenvalue weighted by Crippen LogP contribution is -2.31. The van der Waals surface area contributed by atoms with Crippen LogP contribution in [0.25, 0.3) is 5.57 Å². The molecule has 0 aliphatic carbocycles. The van der Waals surface area contributed by atoms with Crippen molar-refractivity contribution in [1.82, 2.24) is 0 Å². The molecule has 2 amide bonds. The van der Waals surface area contributed by atoms with Gasteiger partial charge in [0.1, 0.15) is 5.57 Å². The van der Waals surface area contributed by atoms with E-state index in [4.69, 9.17) is 11.6 Å². The first-order valence-electron chi connectivity index (χ1n) is 6.44. The van der Waals surface area contributed by atoms with E-state index in [-0.39, 0.29) is 11.3 Å². The second-order valence-electron chi connectivity index (χ2n) is 4.81. The number of rotatable bonds is 2. The second kappa shape index (κ2) is 5.64. The topological polar surface area (TPSA) is 57.6 Å². The lowest BCUT2D eigenvalue weighted by Gasteiger charge is -2.17. The van der Waals surface area contributed by atoms with Crippen LogP contribution in [0.5, 0.6) is 0 Å². The van der Waals surface area contributed by atoms with Gasteiger partial charge in [-0.25, -0.2) is 4.90 Å². The lowest BCUT2D eigenvalue weighted by molar-refractivity contribution is -0.137. The Hall–Kier alpha value is -2.32. The highest BCUT2D eigenvalue weighted by atomic mass is 35.5. The number of aliphatic hydroxyl groups is 1. The number of alkyl halides is 3. The molecule has 124 valence electrons. The fraction of sp³-hybridized carbons (Fsp3) is 0.0667. The standard InChI is InChI=1S/C15H7ClF3NO3S/c16-9-4-3-7(6-8(9)15(17,18)19)20-13(22)11(12(21)14(20)23)10-2-1-5-24-10/h1-6,21H. The van der Waals surface area contributed by atoms with Crippen molar-refractivity contribution in [2.24, 2.45) is 0 Å². The van der Waals surface area contributed by atoms with Gasteiger partial charge in [0.25, 0.3) is 5.91 Å². The molecule has 1 aliphatic rings. The summed E-state index contributed by atoms with van der Waals surface area (Å²) in [5.74, 6) is -2.78. The zero-order valence-electron chi connectivity index (χ0n) is 11.6. The van der Waals surface area contributed by atoms with Crippen LogP contribution in [0.2, 0.25) is 5.02 Å². The Bertz CT molecular complexity index is 875. The first kappa shape index (κ1) is 16.5. The van der Waals surface area contributed by atoms with Crippen molar-refractivity contribution in [1.29, 1.82) is 0 Å². The molecule has 2 aromatic rings. The summed E-state index contributed by atoms with van der Waals surface area (Å²) in [6.07, 6.45) is -4.75. The molecule has 0 bridgehead atoms. The van der Waals surface area contributed by atoms with Crippen LogP contribution in [-0.4, -0.2) is 16.9 Å². The number of amides is 2. The molecule has 1 aliphatic heterocycles. The maximum Gasteiger partial charge on any atom is 0.417 e. The van der Waals surface area contributed by atoms with Crippen LogP contribution >= 0.6 is 22.9 Å². The van der Waals surface area contributed by atoms with Crippen LogP contribution in [0.15, 0.2) is 41.5 Å². The van der Waals surface area contributed by atoms with Crippen molar-refractivity contribution in [3.63, 3.8) is 0 Å². The smallest absolute Gasteiger partial charge is 0.417 e. The zero-order chi connectivity index (χ0) is 17.6. The van der Waals surface area contributed by atoms with Crippen molar-refractivity contribution in [2.75, 3.05) is 4.90 Å². The molecular formula is C15H7ClF3NO3S. The molecule has 0 saturated carbocycles. The predicted octanol–water partition coefficient (Wildman–Crippen LogP) is 4.26. The van der Waals surface area contributed by atoms with Gasteiger partial charge in [-0.2, -0.15) is 13.2 Å². The van der Waals surface area contributed by atoms with Gasteiger partial charge < -0.3 is 5.11 Å². The molecule has 0 unspecified atom stereocenters. The van der Waals surface area contributed by atoms with Gasteiger partial charge in [0.15, 0.2) is 5.76 Å². The Kier molecular flexibility index (Phi) is 3.89. The minimum Gasteiger partial charge on any atom is -0.502 e. The molecule has 2 heterocycles. The van der Waals surface area contributed by atoms with Gasteiger partial charge in [-0.05, 0) is 29.6 Å². The number of aliphatic hydroxyl groups excluding tert-OH is 1. The molecule has 0 fully saturated rings. The average Bonchev–Trinajstić information content (AvgIpc) is 3.08. The summed E-state index contributed by atoms with van der Waals surface area (Å²) in [5.41, 5.74) is -1.73. The van der Waals surface area contributed by atoms with Crippen LogP contribution in [0.1, 0.15) is 10.4 Å². The van der Waals surface area contributed by atoms with Crippen molar-refractivity contribution in [2.45, 2.75) is 6.18 Å². The van der Waals surface area contributed by atoms with E-state index in [1.807, 2.05) is 0 Å². The molecule has 1 aromatic carbocycles. The molecule has 24 heavy (non-hydrogen) atoms. The Morgan fingerprint density at radius 2 is 1.83 bits per heavy atom. The van der Waals surface area contributed by atoms with E-state index in [0.717, 1.165) is 23.5 Å². The number of nitrogens with zero attached hydrogens (tertiary/aromatic N) is 1. The van der Waals surface area contributed by atoms with Crippen LogP contribution in [0.3, 0.4) is 0 Å². The second-order valence-corrected chi connectivity index (χ2v) is 6.16. The van der Waals surface area contributed by atoms with E-state index in [1.54, 1.807) is 11.4 Å². The SMILES string of the molecule is O=C1C(O)=C(c2cccs2)C(=O)N1c1ccc(Cl)c(C(F)(F)F)c1. The molecule has 3 rings (SSSR count). The Balaban J connectivity index is 2.07. The monoisotopic (exact) mass is 373 g/mol. The molecule has 9 heteroatoms. The van der Waals surface area contributed by atoms with Gasteiger partial charge in [-0.1, -0.05) is 17.7 Å². The summed E-state index contributed by atoms with van der Waals surface area (Å²) in [4.78, 5) is 25.4. The fourth-order valence-electron chi connectivity index (χ4n) is 2.27. The summed E-state index contributed by atoms with van der Waals surface area (Å²) < 4.78 is 38.9. The van der Waals surface area contributed by atoms with E-state index in [9.17, 15) is 27.9 Å². The average molecular weight is 374 g/mol. The summed E-state index contributed by atoms with van der Waals surface area (Å²) in [6.45, 7) is 0. The first-order chi connectivity index (χ1) is 11.2. The largest absolute Gasteiger partial charge is 0.502 e. The van der Waals surface area contributed by atoms with Crippen molar-refractivity contribution in [3.8, 4) is 0 Å². The Labute approximate surface area is 142 Å². The highest BCUT2D eigenvalue weighted by Gasteiger charge is 2.42. The number of halogens is 4. The van der Waals surface area contributed by atoms with E-state index < -0.39 is 34.3 Å². The van der Waals surface area contributed by atoms with Crippen LogP contribution in [0.4, 0.5) is 18.9 Å². The number of carbonyl (C=O) groups is 2. The Morgan fingerprint density at radius 3 is 2.42 bits per heavy atom. The number of hydrogen-bond donors (Lipinski definition) is 1. The zero-order valence-corrected chi connectivity index (χ0v) is 13.2. The van der Waals surface area contributed by atoms with Gasteiger partial charge in [0.2, 0.25) is 0 Å². The molecule has 0 spiro atoms. The minimum absolute atomic E-state index is 0.237. The first-order valence-corrected chi connectivity index (χ1v) is 7.70. The fourth-order valence-corrected chi connectivity index (χ4v) is 3.25. The number of imide groups is 1. The Morgan fingerprint density at radius 1 is 1.12 bits per heavy atom. The highest BCUT2D eigenvalue weighted by molar-refractivity contribution is 7.11. The van der Waals surface area contributed by atoms with Crippen molar-refractivity contribution < 1.29 is 27.9 Å². The van der Waals surface area contributed by atoms with Gasteiger partial charge in [-0.3, -0.25) is 9.59 Å². The maximum atomic E-state index is 13.0. The third-order valence-corrected chi connectivity index (χ3v) is 4.56. The van der Waals surface area contributed by atoms with Crippen LogP contribution < -0.4 is 4.90 Å². The molecule has 0 atom stereocenters. The molecule has 4 nitrogen and oxygen atoms in total. The van der Waals surface area contributed by atoms with Gasteiger partial charge >= 0.3 is 12.1 Å². The third kappa shape index (κ3) is 2.57. The number of carbonyl (C=O) groups excluding carboxylic acids is 2. The van der Waals surface area contributed by atoms with E-state index in [0.29, 0.717) is 15.8 Å². The number of anilines is 1. The molecular weight excluding hydrogens is 367 g/mol. The molecule has 1 N–H and O–H groups in total. The predicted molar refractivity (Wildman–Crippen MR) is 82.8 cm³/mol. The van der Waals surface area contributed by atoms with Gasteiger partial charge in [0.05, 0.1) is 16.3 Å². The van der Waals surface area contributed by atoms with Gasteiger partial charge in [-0.15, -0.1) is 11.3 Å². The van der Waals surface area contributed by atoms with Crippen LogP contribution in [-0.2, 0) is 15.8 Å². The minimum atomic E-state index is -4.75. The van der Waals surface area contributed by atoms with Crippen LogP contribution in [0, 0.1) is 0 Å². The molecule has 1 aromatic heterocycles. The lowest BCUT2D eigenvalue weighted by atomic mass is 10.1. The molecule has 0 saturated heterocycles. The molecule has 0 radical (unpaired) electrons. The van der Waals surface area contributed by atoms with E-state index in [2.05, 4.69) is 0 Å². The third-order valence-electron chi connectivity index (χ3n) is 3.34. The highest BCUT2D eigenvalue weighted by Crippen LogP contribution is 2.39. The quantitative estimate of drug-likeness (QED) is 0.800. The summed E-state index contributed by atoms with van der Waals surface area (Å²) in [6, 6.07) is 5.79. The maximum absolute atomic E-state index is 13.0. The summed E-state index contributed by atoms with van der Waals surface area (Å²) in [7, 11) is 0. The summed E-state index contributed by atoms with van der Waals surface area (Å²) >= 11 is 6.65. The number of hydrogen-bond acceptors (Lipinski definition) is 4. The van der Waals surface area contributed by atoms with E-state index >= 15 is 0 Å². The van der Waals surface area contributed by atoms with Crippen molar-refractivity contribution in [3.05, 3.63) is 56.9 Å². The normalized spacial score (nSPS) is 15.6. The van der Waals surface area contributed by atoms with Crippen molar-refractivity contribution >= 4 is 46.0 Å².